The molecule has 0 atom stereocenters. The summed E-state index contributed by atoms with van der Waals surface area (Å²) < 4.78 is 4.69. The Morgan fingerprint density at radius 3 is 1.25 bits per heavy atom. The zero-order chi connectivity index (χ0) is 14.0. The normalized spacial score (nSPS) is 8.25. The number of hydrogen-bond donors (Lipinski definition) is 0. The molecule has 0 aromatic heterocycles. The van der Waals surface area contributed by atoms with Gasteiger partial charge in [-0.15, -0.1) is 0 Å². The summed E-state index contributed by atoms with van der Waals surface area (Å²) in [4.78, 5) is 2.12. The van der Waals surface area contributed by atoms with Gasteiger partial charge in [-0.05, 0) is 33.0 Å². The van der Waals surface area contributed by atoms with E-state index in [0.29, 0.717) is 0 Å². The van der Waals surface area contributed by atoms with Gasteiger partial charge in [-0.2, -0.15) is 0 Å². The first-order valence-electron chi connectivity index (χ1n) is 6.55. The van der Waals surface area contributed by atoms with Gasteiger partial charge in [-0.1, -0.05) is 48.5 Å². The number of hydrogen-bond acceptors (Lipinski definition) is 2. The molecule has 0 aliphatic heterocycles. The van der Waals surface area contributed by atoms with Gasteiger partial charge in [-0.25, -0.2) is 0 Å². The molecule has 0 bridgehead atoms. The molecule has 16 heavy (non-hydrogen) atoms. The Morgan fingerprint density at radius 2 is 1.25 bits per heavy atom. The van der Waals surface area contributed by atoms with Crippen molar-refractivity contribution < 1.29 is 4.74 Å². The second kappa shape index (κ2) is 29.4. The second-order valence-electron chi connectivity index (χ2n) is 4.12. The van der Waals surface area contributed by atoms with Crippen molar-refractivity contribution in [2.24, 2.45) is 5.92 Å². The predicted octanol–water partition coefficient (Wildman–Crippen LogP) is 4.30. The molecule has 0 aromatic carbocycles. The highest BCUT2D eigenvalue weighted by Crippen LogP contribution is 1.81. The molecule has 0 amide bonds. The largest absolute Gasteiger partial charge is 0.385 e. The van der Waals surface area contributed by atoms with Gasteiger partial charge in [0.05, 0.1) is 0 Å². The Labute approximate surface area is 105 Å². The molecule has 0 rings (SSSR count). The third-order valence-corrected chi connectivity index (χ3v) is 1.04. The number of nitrogens with zero attached hydrogens (tertiary/aromatic N) is 1. The molecule has 0 saturated carbocycles. The fourth-order valence-electron chi connectivity index (χ4n) is 0.204. The fraction of sp³-hybridized carbons (Fsp3) is 1.00. The molecular formula is C14H37NO. The van der Waals surface area contributed by atoms with Crippen molar-refractivity contribution in [3.8, 4) is 0 Å². The van der Waals surface area contributed by atoms with E-state index in [9.17, 15) is 0 Å². The van der Waals surface area contributed by atoms with Crippen LogP contribution in [0.1, 0.15) is 54.9 Å². The molecule has 0 heterocycles. The Bertz CT molecular complexity index is 68.4. The van der Waals surface area contributed by atoms with Crippen LogP contribution in [0, 0.1) is 5.92 Å². The number of ether oxygens (including phenoxy) is 1. The molecule has 0 aromatic rings. The topological polar surface area (TPSA) is 12.5 Å². The van der Waals surface area contributed by atoms with Crippen molar-refractivity contribution in [1.82, 2.24) is 4.90 Å². The standard InChI is InChI=1S/C4H11N.C4H10O.C4H10.C2H6/c1-4-5(2)3;1-3-4-5-2;1-4(2)3;1-2/h4H2,1-3H3;3-4H2,1-2H3;4H,1-3H3;1-2H3. The Kier molecular flexibility index (Phi) is 45.8. The van der Waals surface area contributed by atoms with E-state index >= 15 is 0 Å². The van der Waals surface area contributed by atoms with Crippen molar-refractivity contribution in [1.29, 1.82) is 0 Å². The average molecular weight is 235 g/mol. The van der Waals surface area contributed by atoms with Crippen LogP contribution in [0.4, 0.5) is 0 Å². The fourth-order valence-corrected chi connectivity index (χ4v) is 0.204. The van der Waals surface area contributed by atoms with Crippen LogP contribution in [0.25, 0.3) is 0 Å². The molecule has 0 aliphatic carbocycles. The zero-order valence-corrected chi connectivity index (χ0v) is 13.6. The predicted molar refractivity (Wildman–Crippen MR) is 78.3 cm³/mol. The van der Waals surface area contributed by atoms with E-state index < -0.39 is 0 Å². The van der Waals surface area contributed by atoms with Crippen molar-refractivity contribution in [3.05, 3.63) is 0 Å². The highest BCUT2D eigenvalue weighted by molar-refractivity contribution is 4.25. The third kappa shape index (κ3) is 151. The molecule has 2 nitrogen and oxygen atoms in total. The van der Waals surface area contributed by atoms with Crippen LogP contribution in [-0.2, 0) is 4.74 Å². The highest BCUT2D eigenvalue weighted by Gasteiger charge is 1.72. The maximum Gasteiger partial charge on any atom is 0.0459 e. The maximum atomic E-state index is 4.69. The van der Waals surface area contributed by atoms with Gasteiger partial charge in [0.1, 0.15) is 0 Å². The van der Waals surface area contributed by atoms with E-state index in [1.54, 1.807) is 7.11 Å². The molecule has 0 unspecified atom stereocenters. The molecule has 0 saturated heterocycles. The van der Waals surface area contributed by atoms with Gasteiger partial charge in [0.25, 0.3) is 0 Å². The van der Waals surface area contributed by atoms with E-state index in [4.69, 9.17) is 4.74 Å². The second-order valence-corrected chi connectivity index (χ2v) is 4.12. The monoisotopic (exact) mass is 235 g/mol. The summed E-state index contributed by atoms with van der Waals surface area (Å²) >= 11 is 0. The van der Waals surface area contributed by atoms with Crippen LogP contribution in [-0.4, -0.2) is 39.3 Å². The first-order valence-corrected chi connectivity index (χ1v) is 6.55. The minimum absolute atomic E-state index is 0.833. The van der Waals surface area contributed by atoms with Crippen LogP contribution in [0.15, 0.2) is 0 Å². The molecule has 0 radical (unpaired) electrons. The van der Waals surface area contributed by atoms with E-state index in [-0.39, 0.29) is 0 Å². The summed E-state index contributed by atoms with van der Waals surface area (Å²) in [5.74, 6) is 0.833. The van der Waals surface area contributed by atoms with Crippen LogP contribution >= 0.6 is 0 Å². The first kappa shape index (κ1) is 24.9. The van der Waals surface area contributed by atoms with Gasteiger partial charge in [0, 0.05) is 13.7 Å². The van der Waals surface area contributed by atoms with E-state index in [1.165, 1.54) is 0 Å². The molecule has 0 N–H and O–H groups in total. The lowest BCUT2D eigenvalue weighted by atomic mass is 10.3. The highest BCUT2D eigenvalue weighted by atomic mass is 16.5. The number of methoxy groups -OCH3 is 1. The van der Waals surface area contributed by atoms with E-state index in [2.05, 4.69) is 53.6 Å². The summed E-state index contributed by atoms with van der Waals surface area (Å²) in [6.45, 7) is 16.7. The molecular weight excluding hydrogens is 198 g/mol. The van der Waals surface area contributed by atoms with Crippen molar-refractivity contribution in [2.45, 2.75) is 54.9 Å². The quantitative estimate of drug-likeness (QED) is 0.723. The minimum Gasteiger partial charge on any atom is -0.385 e. The van der Waals surface area contributed by atoms with Crippen molar-refractivity contribution in [3.63, 3.8) is 0 Å². The zero-order valence-electron chi connectivity index (χ0n) is 13.6. The summed E-state index contributed by atoms with van der Waals surface area (Å²) in [6, 6.07) is 0. The lowest BCUT2D eigenvalue weighted by molar-refractivity contribution is 0.199. The summed E-state index contributed by atoms with van der Waals surface area (Å²) in [6.07, 6.45) is 1.12. The lowest BCUT2D eigenvalue weighted by Crippen LogP contribution is -2.08. The van der Waals surface area contributed by atoms with Gasteiger partial charge in [0.2, 0.25) is 0 Å². The maximum absolute atomic E-state index is 4.69. The number of rotatable bonds is 3. The average Bonchev–Trinajstić information content (AvgIpc) is 2.22. The SMILES string of the molecule is CC.CC(C)C.CCCOC.CCN(C)C. The summed E-state index contributed by atoms with van der Waals surface area (Å²) in [5, 5.41) is 0. The lowest BCUT2D eigenvalue weighted by Gasteiger charge is -2.00. The molecule has 0 fully saturated rings. The van der Waals surface area contributed by atoms with E-state index in [1.807, 2.05) is 13.8 Å². The van der Waals surface area contributed by atoms with Crippen LogP contribution < -0.4 is 0 Å². The molecule has 0 spiro atoms. The van der Waals surface area contributed by atoms with Gasteiger partial charge < -0.3 is 9.64 Å². The minimum atomic E-state index is 0.833. The van der Waals surface area contributed by atoms with E-state index in [0.717, 1.165) is 25.5 Å². The third-order valence-electron chi connectivity index (χ3n) is 1.04. The van der Waals surface area contributed by atoms with Gasteiger partial charge in [-0.3, -0.25) is 0 Å². The Hall–Kier alpha value is -0.0800. The van der Waals surface area contributed by atoms with Crippen LogP contribution in [0.3, 0.4) is 0 Å². The van der Waals surface area contributed by atoms with Crippen molar-refractivity contribution in [2.75, 3.05) is 34.4 Å². The molecule has 2 heteroatoms. The van der Waals surface area contributed by atoms with Crippen molar-refractivity contribution >= 4 is 0 Å². The Morgan fingerprint density at radius 1 is 1.00 bits per heavy atom. The summed E-state index contributed by atoms with van der Waals surface area (Å²) in [7, 11) is 5.82. The molecule has 0 aliphatic rings. The smallest absolute Gasteiger partial charge is 0.0459 e. The van der Waals surface area contributed by atoms with Gasteiger partial charge >= 0.3 is 0 Å². The Balaban J connectivity index is -0.0000000629. The van der Waals surface area contributed by atoms with Crippen LogP contribution in [0.5, 0.6) is 0 Å². The van der Waals surface area contributed by atoms with Crippen LogP contribution in [0.2, 0.25) is 0 Å². The summed E-state index contributed by atoms with van der Waals surface area (Å²) in [5.41, 5.74) is 0. The first-order chi connectivity index (χ1) is 7.42. The molecule has 104 valence electrons. The van der Waals surface area contributed by atoms with Gasteiger partial charge in [0.15, 0.2) is 0 Å².